The smallest absolute Gasteiger partial charge is 0.124 e. The van der Waals surface area contributed by atoms with Gasteiger partial charge < -0.3 is 14.8 Å². The van der Waals surface area contributed by atoms with Crippen LogP contribution in [0.1, 0.15) is 37.3 Å². The van der Waals surface area contributed by atoms with Gasteiger partial charge in [0.05, 0.1) is 0 Å². The predicted octanol–water partition coefficient (Wildman–Crippen LogP) is 5.12. The van der Waals surface area contributed by atoms with Crippen LogP contribution in [0.3, 0.4) is 0 Å². The molecule has 0 spiro atoms. The van der Waals surface area contributed by atoms with E-state index in [1.807, 2.05) is 18.2 Å². The Kier molecular flexibility index (Phi) is 11.7. The van der Waals surface area contributed by atoms with Crippen molar-refractivity contribution in [2.24, 2.45) is 0 Å². The van der Waals surface area contributed by atoms with Crippen LogP contribution in [0, 0.1) is 5.82 Å². The number of halogens is 2. The summed E-state index contributed by atoms with van der Waals surface area (Å²) >= 11 is 0. The zero-order chi connectivity index (χ0) is 17.7. The molecule has 0 aromatic heterocycles. The molecule has 0 saturated heterocycles. The first-order valence-electron chi connectivity index (χ1n) is 9.03. The van der Waals surface area contributed by atoms with Crippen LogP contribution in [0.2, 0.25) is 0 Å². The summed E-state index contributed by atoms with van der Waals surface area (Å²) in [6.45, 7) is 5.93. The molecule has 1 N–H and O–H groups in total. The van der Waals surface area contributed by atoms with E-state index in [1.54, 1.807) is 12.1 Å². The van der Waals surface area contributed by atoms with Crippen molar-refractivity contribution in [1.29, 1.82) is 0 Å². The third-order valence-electron chi connectivity index (χ3n) is 3.88. The molecule has 0 atom stereocenters. The molecule has 3 nitrogen and oxygen atoms in total. The van der Waals surface area contributed by atoms with Crippen LogP contribution in [0.4, 0.5) is 4.39 Å². The van der Waals surface area contributed by atoms with E-state index in [2.05, 4.69) is 18.3 Å². The zero-order valence-electron chi connectivity index (χ0n) is 15.4. The third kappa shape index (κ3) is 8.65. The molecule has 0 heterocycles. The average Bonchev–Trinajstić information content (AvgIpc) is 2.64. The van der Waals surface area contributed by atoms with Crippen LogP contribution < -0.4 is 10.1 Å². The maximum Gasteiger partial charge on any atom is 0.124 e. The number of hydrogen-bond donors (Lipinski definition) is 1. The third-order valence-corrected chi connectivity index (χ3v) is 3.88. The molecule has 0 fully saturated rings. The normalized spacial score (nSPS) is 10.4. The molecule has 0 aliphatic heterocycles. The standard InChI is InChI=1S/C21H28FNO2.ClH/c1-2-3-14-24-15-6-13-23-16-19-7-4-5-8-21(19)25-17-18-9-11-20(22)12-10-18;/h4-5,7-12,23H,2-3,6,13-17H2,1H3;1H. The van der Waals surface area contributed by atoms with Crippen LogP contribution in [-0.2, 0) is 17.9 Å². The van der Waals surface area contributed by atoms with Gasteiger partial charge in [0.1, 0.15) is 18.2 Å². The highest BCUT2D eigenvalue weighted by atomic mass is 35.5. The van der Waals surface area contributed by atoms with E-state index in [0.717, 1.165) is 56.0 Å². The van der Waals surface area contributed by atoms with Gasteiger partial charge in [0.25, 0.3) is 0 Å². The van der Waals surface area contributed by atoms with Crippen molar-refractivity contribution < 1.29 is 13.9 Å². The van der Waals surface area contributed by atoms with Gasteiger partial charge in [-0.1, -0.05) is 43.7 Å². The Morgan fingerprint density at radius 3 is 2.46 bits per heavy atom. The van der Waals surface area contributed by atoms with Crippen LogP contribution >= 0.6 is 12.4 Å². The second kappa shape index (κ2) is 13.6. The van der Waals surface area contributed by atoms with Gasteiger partial charge in [0.2, 0.25) is 0 Å². The average molecular weight is 382 g/mol. The van der Waals surface area contributed by atoms with Crippen molar-refractivity contribution in [3.05, 3.63) is 65.5 Å². The molecule has 144 valence electrons. The lowest BCUT2D eigenvalue weighted by Crippen LogP contribution is -2.17. The van der Waals surface area contributed by atoms with Crippen molar-refractivity contribution in [3.8, 4) is 5.75 Å². The van der Waals surface area contributed by atoms with Gasteiger partial charge in [-0.15, -0.1) is 12.4 Å². The second-order valence-electron chi connectivity index (χ2n) is 6.02. The fourth-order valence-corrected chi connectivity index (χ4v) is 2.40. The van der Waals surface area contributed by atoms with E-state index in [4.69, 9.17) is 9.47 Å². The summed E-state index contributed by atoms with van der Waals surface area (Å²) in [5.41, 5.74) is 2.07. The number of para-hydroxylation sites is 1. The molecule has 0 aliphatic rings. The topological polar surface area (TPSA) is 30.5 Å². The van der Waals surface area contributed by atoms with Crippen molar-refractivity contribution in [3.63, 3.8) is 0 Å². The molecule has 0 radical (unpaired) electrons. The maximum absolute atomic E-state index is 12.9. The first-order chi connectivity index (χ1) is 12.3. The van der Waals surface area contributed by atoms with Gasteiger partial charge in [-0.05, 0) is 43.1 Å². The largest absolute Gasteiger partial charge is 0.489 e. The lowest BCUT2D eigenvalue weighted by Gasteiger charge is -2.12. The number of hydrogen-bond acceptors (Lipinski definition) is 3. The summed E-state index contributed by atoms with van der Waals surface area (Å²) in [7, 11) is 0. The molecule has 2 rings (SSSR count). The van der Waals surface area contributed by atoms with Crippen molar-refractivity contribution in [1.82, 2.24) is 5.32 Å². The molecule has 2 aromatic rings. The first-order valence-corrected chi connectivity index (χ1v) is 9.03. The summed E-state index contributed by atoms with van der Waals surface area (Å²) in [6.07, 6.45) is 3.31. The minimum atomic E-state index is -0.230. The fraction of sp³-hybridized carbons (Fsp3) is 0.429. The molecule has 0 aliphatic carbocycles. The SMILES string of the molecule is CCCCOCCCNCc1ccccc1OCc1ccc(F)cc1.Cl. The van der Waals surface area contributed by atoms with E-state index in [0.29, 0.717) is 6.61 Å². The van der Waals surface area contributed by atoms with Gasteiger partial charge in [0.15, 0.2) is 0 Å². The summed E-state index contributed by atoms with van der Waals surface area (Å²) in [4.78, 5) is 0. The Morgan fingerprint density at radius 2 is 1.69 bits per heavy atom. The maximum atomic E-state index is 12.9. The van der Waals surface area contributed by atoms with Gasteiger partial charge in [-0.3, -0.25) is 0 Å². The highest BCUT2D eigenvalue weighted by molar-refractivity contribution is 5.85. The van der Waals surface area contributed by atoms with E-state index in [-0.39, 0.29) is 18.2 Å². The molecule has 5 heteroatoms. The molecular weight excluding hydrogens is 353 g/mol. The van der Waals surface area contributed by atoms with Gasteiger partial charge in [-0.2, -0.15) is 0 Å². The lowest BCUT2D eigenvalue weighted by atomic mass is 10.2. The molecule has 0 saturated carbocycles. The summed E-state index contributed by atoms with van der Waals surface area (Å²) < 4.78 is 24.4. The van der Waals surface area contributed by atoms with Gasteiger partial charge >= 0.3 is 0 Å². The van der Waals surface area contributed by atoms with Crippen LogP contribution in [0.5, 0.6) is 5.75 Å². The fourth-order valence-electron chi connectivity index (χ4n) is 2.40. The predicted molar refractivity (Wildman–Crippen MR) is 106 cm³/mol. The first kappa shape index (κ1) is 22.4. The second-order valence-corrected chi connectivity index (χ2v) is 6.02. The molecule has 2 aromatic carbocycles. The Hall–Kier alpha value is -1.62. The van der Waals surface area contributed by atoms with Crippen LogP contribution in [0.15, 0.2) is 48.5 Å². The summed E-state index contributed by atoms with van der Waals surface area (Å²) in [6, 6.07) is 14.4. The Morgan fingerprint density at radius 1 is 0.962 bits per heavy atom. The molecular formula is C21H29ClFNO2. The molecule has 0 bridgehead atoms. The highest BCUT2D eigenvalue weighted by Gasteiger charge is 2.03. The van der Waals surface area contributed by atoms with E-state index >= 15 is 0 Å². The quantitative estimate of drug-likeness (QED) is 0.517. The van der Waals surface area contributed by atoms with Crippen LogP contribution in [-0.4, -0.2) is 19.8 Å². The number of ether oxygens (including phenoxy) is 2. The van der Waals surface area contributed by atoms with E-state index < -0.39 is 0 Å². The lowest BCUT2D eigenvalue weighted by molar-refractivity contribution is 0.128. The van der Waals surface area contributed by atoms with Gasteiger partial charge in [0, 0.05) is 25.3 Å². The minimum absolute atomic E-state index is 0. The minimum Gasteiger partial charge on any atom is -0.489 e. The summed E-state index contributed by atoms with van der Waals surface area (Å²) in [5, 5.41) is 3.43. The zero-order valence-corrected chi connectivity index (χ0v) is 16.2. The van der Waals surface area contributed by atoms with Crippen molar-refractivity contribution in [2.45, 2.75) is 39.3 Å². The molecule has 26 heavy (non-hydrogen) atoms. The number of unbranched alkanes of at least 4 members (excludes halogenated alkanes) is 1. The Labute approximate surface area is 162 Å². The monoisotopic (exact) mass is 381 g/mol. The Bertz CT molecular complexity index is 607. The van der Waals surface area contributed by atoms with E-state index in [1.165, 1.54) is 18.6 Å². The number of nitrogens with one attached hydrogen (secondary N) is 1. The molecule has 0 unspecified atom stereocenters. The number of benzene rings is 2. The summed E-state index contributed by atoms with van der Waals surface area (Å²) in [5.74, 6) is 0.630. The van der Waals surface area contributed by atoms with Crippen LogP contribution in [0.25, 0.3) is 0 Å². The van der Waals surface area contributed by atoms with Crippen molar-refractivity contribution >= 4 is 12.4 Å². The van der Waals surface area contributed by atoms with E-state index in [9.17, 15) is 4.39 Å². The molecule has 0 amide bonds. The van der Waals surface area contributed by atoms with Crippen molar-refractivity contribution in [2.75, 3.05) is 19.8 Å². The number of rotatable bonds is 12. The highest BCUT2D eigenvalue weighted by Crippen LogP contribution is 2.19. The Balaban J connectivity index is 0.00000338. The van der Waals surface area contributed by atoms with Gasteiger partial charge in [-0.25, -0.2) is 4.39 Å².